The van der Waals surface area contributed by atoms with Crippen molar-refractivity contribution in [3.05, 3.63) is 48.0 Å². The highest BCUT2D eigenvalue weighted by molar-refractivity contribution is 6.08. The van der Waals surface area contributed by atoms with E-state index in [1.54, 1.807) is 0 Å². The number of para-hydroxylation sites is 2. The molecule has 1 aromatic heterocycles. The van der Waals surface area contributed by atoms with E-state index < -0.39 is 0 Å². The molecule has 2 heteroatoms. The van der Waals surface area contributed by atoms with Crippen molar-refractivity contribution in [2.24, 2.45) is 0 Å². The first-order valence-corrected chi connectivity index (χ1v) is 5.97. The average molecular weight is 227 g/mol. The van der Waals surface area contributed by atoms with Crippen LogP contribution in [0.1, 0.15) is 19.4 Å². The molecule has 0 fully saturated rings. The maximum absolute atomic E-state index is 10.0. The summed E-state index contributed by atoms with van der Waals surface area (Å²) in [5.41, 5.74) is 2.85. The second kappa shape index (κ2) is 4.50. The minimum Gasteiger partial charge on any atom is -0.428 e. The highest BCUT2D eigenvalue weighted by atomic mass is 16.5. The summed E-state index contributed by atoms with van der Waals surface area (Å²) >= 11 is 0. The van der Waals surface area contributed by atoms with Gasteiger partial charge in [0, 0.05) is 10.8 Å². The largest absolute Gasteiger partial charge is 0.428 e. The molecular formula is C15H17NO. The van der Waals surface area contributed by atoms with Crippen LogP contribution in [-0.2, 0) is 0 Å². The summed E-state index contributed by atoms with van der Waals surface area (Å²) in [6.07, 6.45) is 0. The molecule has 0 aliphatic rings. The summed E-state index contributed by atoms with van der Waals surface area (Å²) in [7, 11) is 0. The Hall–Kier alpha value is -1.96. The highest BCUT2D eigenvalue weighted by Gasteiger charge is 2.09. The van der Waals surface area contributed by atoms with Gasteiger partial charge >= 0.3 is 0 Å². The van der Waals surface area contributed by atoms with Gasteiger partial charge in [0.05, 0.1) is 11.0 Å². The van der Waals surface area contributed by atoms with Gasteiger partial charge in [-0.3, -0.25) is 0 Å². The van der Waals surface area contributed by atoms with Gasteiger partial charge in [0.1, 0.15) is 0 Å². The standard InChI is InChI=1S/C13H11NO.C2H6/c1-9-5-4-7-11-10-6-2-3-8-12(10)14(15)13(9)11;1-2/h2-8,15H,1H3;1-2H3. The monoisotopic (exact) mass is 227 g/mol. The van der Waals surface area contributed by atoms with Gasteiger partial charge in [-0.2, -0.15) is 4.73 Å². The maximum atomic E-state index is 10.0. The Bertz CT molecular complexity index is 652. The SMILES string of the molecule is CC.Cc1cccc2c3ccccc3n(O)c12. The Morgan fingerprint density at radius 2 is 1.53 bits per heavy atom. The van der Waals surface area contributed by atoms with Gasteiger partial charge in [-0.25, -0.2) is 0 Å². The number of nitrogens with zero attached hydrogens (tertiary/aromatic N) is 1. The molecule has 0 amide bonds. The van der Waals surface area contributed by atoms with Crippen molar-refractivity contribution >= 4 is 21.8 Å². The van der Waals surface area contributed by atoms with Crippen molar-refractivity contribution in [3.8, 4) is 0 Å². The third-order valence-corrected chi connectivity index (χ3v) is 2.87. The number of benzene rings is 2. The van der Waals surface area contributed by atoms with Crippen LogP contribution >= 0.6 is 0 Å². The first kappa shape index (κ1) is 11.5. The predicted octanol–water partition coefficient (Wildman–Crippen LogP) is 4.37. The lowest BCUT2D eigenvalue weighted by atomic mass is 10.1. The minimum absolute atomic E-state index is 0.863. The van der Waals surface area contributed by atoms with E-state index in [4.69, 9.17) is 0 Å². The first-order chi connectivity index (χ1) is 8.29. The Morgan fingerprint density at radius 3 is 2.29 bits per heavy atom. The predicted molar refractivity (Wildman–Crippen MR) is 72.7 cm³/mol. The quantitative estimate of drug-likeness (QED) is 0.567. The fourth-order valence-electron chi connectivity index (χ4n) is 2.16. The Morgan fingerprint density at radius 1 is 0.882 bits per heavy atom. The molecule has 88 valence electrons. The van der Waals surface area contributed by atoms with Crippen LogP contribution in [0.3, 0.4) is 0 Å². The van der Waals surface area contributed by atoms with Gasteiger partial charge < -0.3 is 5.21 Å². The molecule has 0 atom stereocenters. The molecule has 3 rings (SSSR count). The van der Waals surface area contributed by atoms with Crippen LogP contribution in [0.2, 0.25) is 0 Å². The van der Waals surface area contributed by atoms with Gasteiger partial charge in [0.15, 0.2) is 0 Å². The molecule has 3 aromatic rings. The van der Waals surface area contributed by atoms with E-state index in [1.165, 1.54) is 4.73 Å². The number of hydrogen-bond donors (Lipinski definition) is 1. The van der Waals surface area contributed by atoms with Gasteiger partial charge in [0.2, 0.25) is 0 Å². The Labute approximate surface area is 101 Å². The van der Waals surface area contributed by atoms with Crippen LogP contribution in [0.15, 0.2) is 42.5 Å². The van der Waals surface area contributed by atoms with Crippen LogP contribution in [0.4, 0.5) is 0 Å². The maximum Gasteiger partial charge on any atom is 0.0908 e. The fraction of sp³-hybridized carbons (Fsp3) is 0.200. The molecule has 0 radical (unpaired) electrons. The number of aromatic nitrogens is 1. The van der Waals surface area contributed by atoms with E-state index >= 15 is 0 Å². The normalized spacial score (nSPS) is 10.3. The van der Waals surface area contributed by atoms with Gasteiger partial charge in [-0.1, -0.05) is 50.2 Å². The van der Waals surface area contributed by atoms with Gasteiger partial charge in [-0.05, 0) is 18.6 Å². The van der Waals surface area contributed by atoms with Crippen LogP contribution in [0, 0.1) is 6.92 Å². The molecule has 0 bridgehead atoms. The lowest BCUT2D eigenvalue weighted by Gasteiger charge is -1.98. The molecule has 2 aromatic carbocycles. The number of hydrogen-bond acceptors (Lipinski definition) is 1. The van der Waals surface area contributed by atoms with Crippen molar-refractivity contribution in [3.63, 3.8) is 0 Å². The molecule has 1 N–H and O–H groups in total. The van der Waals surface area contributed by atoms with E-state index in [-0.39, 0.29) is 0 Å². The van der Waals surface area contributed by atoms with Crippen LogP contribution < -0.4 is 0 Å². The lowest BCUT2D eigenvalue weighted by molar-refractivity contribution is 0.212. The number of aryl methyl sites for hydroxylation is 1. The summed E-state index contributed by atoms with van der Waals surface area (Å²) < 4.78 is 1.28. The molecule has 17 heavy (non-hydrogen) atoms. The van der Waals surface area contributed by atoms with E-state index in [1.807, 2.05) is 63.2 Å². The molecule has 0 aliphatic heterocycles. The topological polar surface area (TPSA) is 25.2 Å². The molecular weight excluding hydrogens is 210 g/mol. The molecule has 2 nitrogen and oxygen atoms in total. The highest BCUT2D eigenvalue weighted by Crippen LogP contribution is 2.29. The zero-order valence-corrected chi connectivity index (χ0v) is 10.4. The number of rotatable bonds is 0. The first-order valence-electron chi connectivity index (χ1n) is 5.97. The van der Waals surface area contributed by atoms with Crippen LogP contribution in [0.5, 0.6) is 0 Å². The molecule has 0 saturated carbocycles. The van der Waals surface area contributed by atoms with Gasteiger partial charge in [0.25, 0.3) is 0 Å². The number of fused-ring (bicyclic) bond motifs is 3. The molecule has 0 spiro atoms. The van der Waals surface area contributed by atoms with Crippen LogP contribution in [-0.4, -0.2) is 9.94 Å². The summed E-state index contributed by atoms with van der Waals surface area (Å²) in [5, 5.41) is 12.2. The van der Waals surface area contributed by atoms with Crippen molar-refractivity contribution < 1.29 is 5.21 Å². The molecule has 0 saturated heterocycles. The van der Waals surface area contributed by atoms with Crippen molar-refractivity contribution in [2.45, 2.75) is 20.8 Å². The third kappa shape index (κ3) is 1.66. The summed E-state index contributed by atoms with van der Waals surface area (Å²) in [5.74, 6) is 0. The fourth-order valence-corrected chi connectivity index (χ4v) is 2.16. The van der Waals surface area contributed by atoms with Crippen molar-refractivity contribution in [1.29, 1.82) is 0 Å². The third-order valence-electron chi connectivity index (χ3n) is 2.87. The summed E-state index contributed by atoms with van der Waals surface area (Å²) in [6, 6.07) is 13.9. The second-order valence-corrected chi connectivity index (χ2v) is 3.80. The molecule has 1 heterocycles. The van der Waals surface area contributed by atoms with Crippen molar-refractivity contribution in [2.75, 3.05) is 0 Å². The zero-order chi connectivity index (χ0) is 12.4. The van der Waals surface area contributed by atoms with E-state index in [9.17, 15) is 5.21 Å². The Balaban J connectivity index is 0.000000514. The summed E-state index contributed by atoms with van der Waals surface area (Å²) in [4.78, 5) is 0. The summed E-state index contributed by atoms with van der Waals surface area (Å²) in [6.45, 7) is 6.01. The second-order valence-electron chi connectivity index (χ2n) is 3.80. The molecule has 0 aliphatic carbocycles. The molecule has 0 unspecified atom stereocenters. The average Bonchev–Trinajstić information content (AvgIpc) is 2.68. The van der Waals surface area contributed by atoms with Crippen LogP contribution in [0.25, 0.3) is 21.8 Å². The zero-order valence-electron chi connectivity index (χ0n) is 10.4. The van der Waals surface area contributed by atoms with Gasteiger partial charge in [-0.15, -0.1) is 0 Å². The van der Waals surface area contributed by atoms with E-state index in [0.29, 0.717) is 0 Å². The smallest absolute Gasteiger partial charge is 0.0908 e. The Kier molecular flexibility index (Phi) is 3.05. The van der Waals surface area contributed by atoms with Crippen molar-refractivity contribution in [1.82, 2.24) is 4.73 Å². The lowest BCUT2D eigenvalue weighted by Crippen LogP contribution is -1.90. The van der Waals surface area contributed by atoms with E-state index in [2.05, 4.69) is 0 Å². The minimum atomic E-state index is 0.863. The van der Waals surface area contributed by atoms with E-state index in [0.717, 1.165) is 27.4 Å².